The Morgan fingerprint density at radius 2 is 1.91 bits per heavy atom. The highest BCUT2D eigenvalue weighted by Gasteiger charge is 2.48. The number of alkyl halides is 3. The molecule has 2 saturated heterocycles. The highest BCUT2D eigenvalue weighted by molar-refractivity contribution is 5.88. The summed E-state index contributed by atoms with van der Waals surface area (Å²) in [5, 5.41) is 0. The molecule has 226 valence electrons. The predicted octanol–water partition coefficient (Wildman–Crippen LogP) is 7.05. The van der Waals surface area contributed by atoms with Gasteiger partial charge in [0.05, 0.1) is 12.2 Å². The molecule has 10 heteroatoms. The van der Waals surface area contributed by atoms with Gasteiger partial charge in [0.2, 0.25) is 5.91 Å². The Bertz CT molecular complexity index is 1700. The third-order valence-corrected chi connectivity index (χ3v) is 9.16. The maximum absolute atomic E-state index is 13.4. The molecule has 4 aromatic rings. The molecule has 43 heavy (non-hydrogen) atoms. The Hall–Kier alpha value is -4.08. The van der Waals surface area contributed by atoms with Gasteiger partial charge in [0.25, 0.3) is 0 Å². The average Bonchev–Trinajstić information content (AvgIpc) is 3.47. The summed E-state index contributed by atoms with van der Waals surface area (Å²) < 4.78 is 48.2. The molecule has 0 saturated carbocycles. The number of piperidine rings is 1. The van der Waals surface area contributed by atoms with Crippen LogP contribution in [0.2, 0.25) is 0 Å². The number of hydrogen-bond acceptors (Lipinski definition) is 5. The Balaban J connectivity index is 1.40. The molecule has 2 aromatic heterocycles. The summed E-state index contributed by atoms with van der Waals surface area (Å²) in [5.41, 5.74) is 9.09. The van der Waals surface area contributed by atoms with Crippen molar-refractivity contribution in [2.45, 2.75) is 71.0 Å². The summed E-state index contributed by atoms with van der Waals surface area (Å²) >= 11 is 0. The summed E-state index contributed by atoms with van der Waals surface area (Å²) in [6, 6.07) is 11.3. The largest absolute Gasteiger partial charge is 0.493 e. The maximum Gasteiger partial charge on any atom is 0.416 e. The number of halogens is 3. The Morgan fingerprint density at radius 3 is 2.65 bits per heavy atom. The molecule has 1 amide bonds. The van der Waals surface area contributed by atoms with Crippen LogP contribution in [0.3, 0.4) is 0 Å². The van der Waals surface area contributed by atoms with Crippen LogP contribution in [0.15, 0.2) is 54.9 Å². The standard InChI is InChI=1S/C33H36F3N5O2/c1-5-43-25-16-21(19(2)20-7-6-8-23(15-20)33(34,35)36)9-11-24(25)28-29-30(37)38-13-14-40(29)31(39-28)22-10-12-26-32(3,4)17-27(42)41(26)18-22/h6-9,11,13-16,19,22,26H,5,10,12,17-18H2,1-4H3,(H2,37,38)/t19-,22-,26+/m1/s1. The second-order valence-corrected chi connectivity index (χ2v) is 12.4. The van der Waals surface area contributed by atoms with Crippen molar-refractivity contribution in [1.82, 2.24) is 19.3 Å². The van der Waals surface area contributed by atoms with Crippen LogP contribution in [-0.4, -0.2) is 44.4 Å². The molecule has 0 radical (unpaired) electrons. The highest BCUT2D eigenvalue weighted by Crippen LogP contribution is 2.46. The zero-order chi connectivity index (χ0) is 30.7. The minimum atomic E-state index is -4.42. The van der Waals surface area contributed by atoms with Crippen LogP contribution < -0.4 is 10.5 Å². The number of benzene rings is 2. The number of nitrogen functional groups attached to an aromatic ring is 1. The van der Waals surface area contributed by atoms with Crippen molar-refractivity contribution >= 4 is 17.2 Å². The molecule has 0 aliphatic carbocycles. The first-order valence-corrected chi connectivity index (χ1v) is 14.7. The first kappa shape index (κ1) is 29.0. The van der Waals surface area contributed by atoms with Gasteiger partial charge in [-0.2, -0.15) is 13.2 Å². The monoisotopic (exact) mass is 591 g/mol. The summed E-state index contributed by atoms with van der Waals surface area (Å²) in [4.78, 5) is 24.4. The second kappa shape index (κ2) is 10.6. The van der Waals surface area contributed by atoms with Crippen molar-refractivity contribution in [1.29, 1.82) is 0 Å². The van der Waals surface area contributed by atoms with Crippen LogP contribution in [0.5, 0.6) is 5.75 Å². The number of anilines is 1. The Morgan fingerprint density at radius 1 is 1.14 bits per heavy atom. The van der Waals surface area contributed by atoms with E-state index in [2.05, 4.69) is 18.8 Å². The number of ether oxygens (including phenoxy) is 1. The van der Waals surface area contributed by atoms with E-state index < -0.39 is 11.7 Å². The second-order valence-electron chi connectivity index (χ2n) is 12.4. The van der Waals surface area contributed by atoms with Crippen molar-refractivity contribution < 1.29 is 22.7 Å². The Labute approximate surface area is 248 Å². The van der Waals surface area contributed by atoms with Gasteiger partial charge in [-0.25, -0.2) is 9.97 Å². The number of rotatable bonds is 6. The van der Waals surface area contributed by atoms with Crippen LogP contribution in [-0.2, 0) is 11.0 Å². The number of amides is 1. The highest BCUT2D eigenvalue weighted by atomic mass is 19.4. The van der Waals surface area contributed by atoms with E-state index in [-0.39, 0.29) is 29.2 Å². The molecule has 0 unspecified atom stereocenters. The van der Waals surface area contributed by atoms with Crippen LogP contribution in [0.25, 0.3) is 16.8 Å². The SMILES string of the molecule is CCOc1cc([C@H](C)c2cccc(C(F)(F)F)c2)ccc1-c1nc([C@@H]2CC[C@@H]3N(C2)C(=O)CC3(C)C)n2ccnc(N)c12. The molecular weight excluding hydrogens is 555 g/mol. The van der Waals surface area contributed by atoms with E-state index in [1.54, 1.807) is 12.3 Å². The van der Waals surface area contributed by atoms with Gasteiger partial charge in [-0.1, -0.05) is 45.0 Å². The van der Waals surface area contributed by atoms with Gasteiger partial charge in [0.15, 0.2) is 0 Å². The molecule has 0 spiro atoms. The van der Waals surface area contributed by atoms with Crippen LogP contribution in [0, 0.1) is 5.41 Å². The van der Waals surface area contributed by atoms with E-state index in [1.165, 1.54) is 12.1 Å². The Kier molecular flexibility index (Phi) is 7.13. The molecule has 2 aromatic carbocycles. The molecule has 6 rings (SSSR count). The molecule has 3 atom stereocenters. The van der Waals surface area contributed by atoms with Crippen molar-refractivity contribution in [3.8, 4) is 17.0 Å². The van der Waals surface area contributed by atoms with Gasteiger partial charge in [0.1, 0.15) is 28.6 Å². The van der Waals surface area contributed by atoms with Crippen molar-refractivity contribution in [2.75, 3.05) is 18.9 Å². The number of nitrogens with two attached hydrogens (primary N) is 1. The summed E-state index contributed by atoms with van der Waals surface area (Å²) in [6.45, 7) is 9.07. The summed E-state index contributed by atoms with van der Waals surface area (Å²) in [6.07, 6.45) is 1.43. The van der Waals surface area contributed by atoms with Gasteiger partial charge < -0.3 is 15.4 Å². The summed E-state index contributed by atoms with van der Waals surface area (Å²) in [7, 11) is 0. The third kappa shape index (κ3) is 5.10. The number of nitrogens with zero attached hydrogens (tertiary/aromatic N) is 4. The lowest BCUT2D eigenvalue weighted by molar-refractivity contribution is -0.137. The lowest BCUT2D eigenvalue weighted by Crippen LogP contribution is -2.44. The fourth-order valence-electron chi connectivity index (χ4n) is 6.90. The van der Waals surface area contributed by atoms with E-state index in [0.29, 0.717) is 47.9 Å². The number of hydrogen-bond donors (Lipinski definition) is 1. The lowest BCUT2D eigenvalue weighted by Gasteiger charge is -2.39. The van der Waals surface area contributed by atoms with Gasteiger partial charge in [0, 0.05) is 48.8 Å². The van der Waals surface area contributed by atoms with Gasteiger partial charge >= 0.3 is 6.18 Å². The number of carbonyl (C=O) groups is 1. The fraction of sp³-hybridized carbons (Fsp3) is 0.424. The molecule has 2 N–H and O–H groups in total. The van der Waals surface area contributed by atoms with Gasteiger partial charge in [-0.3, -0.25) is 9.20 Å². The molecular formula is C33H36F3N5O2. The zero-order valence-electron chi connectivity index (χ0n) is 24.8. The first-order chi connectivity index (χ1) is 20.4. The molecule has 2 fully saturated rings. The first-order valence-electron chi connectivity index (χ1n) is 14.7. The smallest absolute Gasteiger partial charge is 0.416 e. The molecule has 2 aliphatic heterocycles. The van der Waals surface area contributed by atoms with Crippen LogP contribution in [0.1, 0.15) is 81.3 Å². The van der Waals surface area contributed by atoms with E-state index in [4.69, 9.17) is 15.5 Å². The van der Waals surface area contributed by atoms with Gasteiger partial charge in [-0.05, 0) is 54.5 Å². The van der Waals surface area contributed by atoms with Crippen LogP contribution in [0.4, 0.5) is 19.0 Å². The van der Waals surface area contributed by atoms with E-state index in [9.17, 15) is 18.0 Å². The van der Waals surface area contributed by atoms with E-state index in [1.807, 2.05) is 47.5 Å². The van der Waals surface area contributed by atoms with E-state index >= 15 is 0 Å². The number of aromatic nitrogens is 3. The maximum atomic E-state index is 13.4. The minimum Gasteiger partial charge on any atom is -0.493 e. The molecule has 2 aliphatic rings. The summed E-state index contributed by atoms with van der Waals surface area (Å²) in [5.74, 6) is 1.60. The van der Waals surface area contributed by atoms with Gasteiger partial charge in [-0.15, -0.1) is 0 Å². The molecule has 4 heterocycles. The average molecular weight is 592 g/mol. The van der Waals surface area contributed by atoms with Crippen molar-refractivity contribution in [3.05, 3.63) is 77.4 Å². The minimum absolute atomic E-state index is 0.0212. The third-order valence-electron chi connectivity index (χ3n) is 9.16. The molecule has 7 nitrogen and oxygen atoms in total. The fourth-order valence-corrected chi connectivity index (χ4v) is 6.90. The normalized spacial score (nSPS) is 20.8. The number of fused-ring (bicyclic) bond motifs is 2. The quantitative estimate of drug-likeness (QED) is 0.260. The topological polar surface area (TPSA) is 85.8 Å². The predicted molar refractivity (Wildman–Crippen MR) is 159 cm³/mol. The number of imidazole rings is 1. The van der Waals surface area contributed by atoms with Crippen LogP contribution >= 0.6 is 0 Å². The lowest BCUT2D eigenvalue weighted by atomic mass is 9.79. The zero-order valence-corrected chi connectivity index (χ0v) is 24.8. The van der Waals surface area contributed by atoms with Crippen molar-refractivity contribution in [3.63, 3.8) is 0 Å². The number of carbonyl (C=O) groups excluding carboxylic acids is 1. The molecule has 0 bridgehead atoms. The van der Waals surface area contributed by atoms with Crippen molar-refractivity contribution in [2.24, 2.45) is 5.41 Å². The van der Waals surface area contributed by atoms with E-state index in [0.717, 1.165) is 35.9 Å².